The van der Waals surface area contributed by atoms with Crippen molar-refractivity contribution in [3.05, 3.63) is 0 Å². The highest BCUT2D eigenvalue weighted by molar-refractivity contribution is 5.76. The average Bonchev–Trinajstić information content (AvgIpc) is 3.22. The molecule has 0 aliphatic heterocycles. The number of esters is 1. The highest BCUT2D eigenvalue weighted by Gasteiger charge is 2.20. The highest BCUT2D eigenvalue weighted by atomic mass is 16.5. The number of aliphatic hydroxyl groups is 2. The van der Waals surface area contributed by atoms with E-state index >= 15 is 0 Å². The Hall–Kier alpha value is -1.14. The smallest absolute Gasteiger partial charge is 0.305 e. The standard InChI is InChI=1S/C52H103NO5/c1-3-5-7-9-11-13-15-17-20-24-28-32-36-40-44-50(55)49(48-54)53-51(56)45-41-37-33-29-25-21-19-23-27-31-35-39-43-47-58-52(57)46-42-38-34-30-26-22-18-16-14-12-10-8-6-4-2/h49-50,54-55H,3-48H2,1-2H3,(H,53,56). The number of carbonyl (C=O) groups excluding carboxylic acids is 2. The molecular formula is C52H103NO5. The van der Waals surface area contributed by atoms with Gasteiger partial charge in [0.05, 0.1) is 25.4 Å². The summed E-state index contributed by atoms with van der Waals surface area (Å²) in [6.07, 6.45) is 53.5. The molecule has 0 aromatic rings. The molecular weight excluding hydrogens is 719 g/mol. The lowest BCUT2D eigenvalue weighted by Crippen LogP contribution is -2.45. The molecule has 2 atom stereocenters. The van der Waals surface area contributed by atoms with Gasteiger partial charge in [0.15, 0.2) is 0 Å². The van der Waals surface area contributed by atoms with Crippen LogP contribution in [0.15, 0.2) is 0 Å². The summed E-state index contributed by atoms with van der Waals surface area (Å²) in [6, 6.07) is -0.549. The van der Waals surface area contributed by atoms with Gasteiger partial charge in [0.2, 0.25) is 5.91 Å². The molecule has 0 saturated carbocycles. The van der Waals surface area contributed by atoms with E-state index in [1.165, 1.54) is 212 Å². The van der Waals surface area contributed by atoms with Gasteiger partial charge in [-0.1, -0.05) is 258 Å². The van der Waals surface area contributed by atoms with Crippen LogP contribution < -0.4 is 5.32 Å². The van der Waals surface area contributed by atoms with Crippen LogP contribution in [0.3, 0.4) is 0 Å². The first-order chi connectivity index (χ1) is 28.5. The number of amides is 1. The fraction of sp³-hybridized carbons (Fsp3) is 0.962. The van der Waals surface area contributed by atoms with Crippen LogP contribution in [-0.2, 0) is 14.3 Å². The van der Waals surface area contributed by atoms with Crippen molar-refractivity contribution in [2.24, 2.45) is 0 Å². The topological polar surface area (TPSA) is 95.9 Å². The Morgan fingerprint density at radius 1 is 0.414 bits per heavy atom. The molecule has 0 saturated heterocycles. The largest absolute Gasteiger partial charge is 0.466 e. The van der Waals surface area contributed by atoms with Crippen molar-refractivity contribution in [1.82, 2.24) is 5.32 Å². The summed E-state index contributed by atoms with van der Waals surface area (Å²) in [6.45, 7) is 4.94. The lowest BCUT2D eigenvalue weighted by molar-refractivity contribution is -0.143. The van der Waals surface area contributed by atoms with E-state index in [0.29, 0.717) is 25.9 Å². The fourth-order valence-corrected chi connectivity index (χ4v) is 8.35. The molecule has 0 aromatic carbocycles. The molecule has 58 heavy (non-hydrogen) atoms. The van der Waals surface area contributed by atoms with Gasteiger partial charge in [0, 0.05) is 12.8 Å². The molecule has 0 aliphatic carbocycles. The lowest BCUT2D eigenvalue weighted by atomic mass is 10.0. The molecule has 6 nitrogen and oxygen atoms in total. The van der Waals surface area contributed by atoms with Crippen molar-refractivity contribution >= 4 is 11.9 Å². The monoisotopic (exact) mass is 822 g/mol. The summed E-state index contributed by atoms with van der Waals surface area (Å²) < 4.78 is 5.46. The molecule has 3 N–H and O–H groups in total. The van der Waals surface area contributed by atoms with Crippen LogP contribution in [0.25, 0.3) is 0 Å². The van der Waals surface area contributed by atoms with E-state index in [4.69, 9.17) is 4.74 Å². The second-order valence-electron chi connectivity index (χ2n) is 18.2. The van der Waals surface area contributed by atoms with Crippen LogP contribution in [-0.4, -0.2) is 47.4 Å². The maximum absolute atomic E-state index is 12.4. The van der Waals surface area contributed by atoms with Gasteiger partial charge in [-0.3, -0.25) is 9.59 Å². The van der Waals surface area contributed by atoms with Crippen LogP contribution >= 0.6 is 0 Å². The molecule has 0 aliphatic rings. The molecule has 1 amide bonds. The number of hydrogen-bond acceptors (Lipinski definition) is 5. The molecule has 0 radical (unpaired) electrons. The quantitative estimate of drug-likeness (QED) is 0.0420. The molecule has 0 aromatic heterocycles. The Balaban J connectivity index is 3.43. The van der Waals surface area contributed by atoms with Gasteiger partial charge < -0.3 is 20.3 Å². The zero-order chi connectivity index (χ0) is 42.3. The Kier molecular flexibility index (Phi) is 47.6. The zero-order valence-corrected chi connectivity index (χ0v) is 39.3. The van der Waals surface area contributed by atoms with Crippen molar-refractivity contribution in [3.63, 3.8) is 0 Å². The second-order valence-corrected chi connectivity index (χ2v) is 18.2. The molecule has 0 heterocycles. The number of unbranched alkanes of at least 4 members (excludes halogenated alkanes) is 38. The van der Waals surface area contributed by atoms with Crippen molar-refractivity contribution in [1.29, 1.82) is 0 Å². The zero-order valence-electron chi connectivity index (χ0n) is 39.3. The van der Waals surface area contributed by atoms with Crippen LogP contribution in [0.1, 0.15) is 296 Å². The van der Waals surface area contributed by atoms with Gasteiger partial charge in [-0.2, -0.15) is 0 Å². The van der Waals surface area contributed by atoms with E-state index in [1.807, 2.05) is 0 Å². The lowest BCUT2D eigenvalue weighted by Gasteiger charge is -2.22. The maximum Gasteiger partial charge on any atom is 0.305 e. The first-order valence-electron chi connectivity index (χ1n) is 26.3. The van der Waals surface area contributed by atoms with Crippen molar-refractivity contribution in [2.45, 2.75) is 309 Å². The van der Waals surface area contributed by atoms with Crippen LogP contribution in [0.5, 0.6) is 0 Å². The van der Waals surface area contributed by atoms with Crippen molar-refractivity contribution in [2.75, 3.05) is 13.2 Å². The number of ether oxygens (including phenoxy) is 1. The third kappa shape index (κ3) is 44.4. The summed E-state index contributed by atoms with van der Waals surface area (Å²) in [7, 11) is 0. The summed E-state index contributed by atoms with van der Waals surface area (Å²) in [5.41, 5.74) is 0. The first-order valence-corrected chi connectivity index (χ1v) is 26.3. The molecule has 0 rings (SSSR count). The number of rotatable bonds is 49. The second kappa shape index (κ2) is 48.5. The minimum Gasteiger partial charge on any atom is -0.466 e. The van der Waals surface area contributed by atoms with E-state index < -0.39 is 12.1 Å². The third-order valence-electron chi connectivity index (χ3n) is 12.4. The number of aliphatic hydroxyl groups excluding tert-OH is 2. The van der Waals surface area contributed by atoms with Crippen LogP contribution in [0.4, 0.5) is 0 Å². The van der Waals surface area contributed by atoms with Gasteiger partial charge in [-0.25, -0.2) is 0 Å². The SMILES string of the molecule is CCCCCCCCCCCCCCCCC(=O)OCCCCCCCCCCCCCCCC(=O)NC(CO)C(O)CCCCCCCCCCCCCCCC. The number of carbonyl (C=O) groups is 2. The molecule has 6 heteroatoms. The number of nitrogens with one attached hydrogen (secondary N) is 1. The summed E-state index contributed by atoms with van der Waals surface area (Å²) >= 11 is 0. The highest BCUT2D eigenvalue weighted by Crippen LogP contribution is 2.17. The minimum atomic E-state index is -0.670. The van der Waals surface area contributed by atoms with E-state index in [2.05, 4.69) is 19.2 Å². The van der Waals surface area contributed by atoms with Crippen LogP contribution in [0, 0.1) is 0 Å². The third-order valence-corrected chi connectivity index (χ3v) is 12.4. The number of hydrogen-bond donors (Lipinski definition) is 3. The van der Waals surface area contributed by atoms with Gasteiger partial charge in [0.25, 0.3) is 0 Å². The first kappa shape index (κ1) is 56.9. The van der Waals surface area contributed by atoms with E-state index in [1.54, 1.807) is 0 Å². The average molecular weight is 822 g/mol. The predicted molar refractivity (Wildman–Crippen MR) is 250 cm³/mol. The Bertz CT molecular complexity index is 822. The van der Waals surface area contributed by atoms with Crippen molar-refractivity contribution in [3.8, 4) is 0 Å². The normalized spacial score (nSPS) is 12.6. The molecule has 0 bridgehead atoms. The van der Waals surface area contributed by atoms with Crippen molar-refractivity contribution < 1.29 is 24.5 Å². The van der Waals surface area contributed by atoms with Gasteiger partial charge in [-0.05, 0) is 25.7 Å². The molecule has 0 spiro atoms. The van der Waals surface area contributed by atoms with Gasteiger partial charge in [0.1, 0.15) is 0 Å². The van der Waals surface area contributed by atoms with Crippen LogP contribution in [0.2, 0.25) is 0 Å². The Labute approximate surface area is 362 Å². The van der Waals surface area contributed by atoms with Gasteiger partial charge >= 0.3 is 5.97 Å². The maximum atomic E-state index is 12.4. The van der Waals surface area contributed by atoms with E-state index in [-0.39, 0.29) is 18.5 Å². The molecule has 2 unspecified atom stereocenters. The molecule has 0 fully saturated rings. The fourth-order valence-electron chi connectivity index (χ4n) is 8.35. The minimum absolute atomic E-state index is 0.00254. The summed E-state index contributed by atoms with van der Waals surface area (Å²) in [4.78, 5) is 24.5. The van der Waals surface area contributed by atoms with E-state index in [0.717, 1.165) is 51.4 Å². The van der Waals surface area contributed by atoms with Gasteiger partial charge in [-0.15, -0.1) is 0 Å². The Morgan fingerprint density at radius 3 is 1.05 bits per heavy atom. The Morgan fingerprint density at radius 2 is 0.707 bits per heavy atom. The predicted octanol–water partition coefficient (Wildman–Crippen LogP) is 15.6. The summed E-state index contributed by atoms with van der Waals surface area (Å²) in [5, 5.41) is 23.2. The summed E-state index contributed by atoms with van der Waals surface area (Å²) in [5.74, 6) is -0.0484. The molecule has 346 valence electrons. The van der Waals surface area contributed by atoms with E-state index in [9.17, 15) is 19.8 Å².